The molecule has 2 amide bonds. The number of amides is 2. The first-order chi connectivity index (χ1) is 14.9. The number of halogens is 1. The van der Waals surface area contributed by atoms with Crippen LogP contribution in [0.15, 0.2) is 54.9 Å². The molecule has 3 rings (SSSR count). The summed E-state index contributed by atoms with van der Waals surface area (Å²) >= 11 is 6.21. The summed E-state index contributed by atoms with van der Waals surface area (Å²) in [5.41, 5.74) is 6.74. The molecule has 31 heavy (non-hydrogen) atoms. The van der Waals surface area contributed by atoms with Crippen LogP contribution in [0.25, 0.3) is 0 Å². The van der Waals surface area contributed by atoms with E-state index in [2.05, 4.69) is 10.3 Å². The van der Waals surface area contributed by atoms with Crippen LogP contribution in [0.3, 0.4) is 0 Å². The van der Waals surface area contributed by atoms with Crippen LogP contribution in [0.5, 0.6) is 23.0 Å². The van der Waals surface area contributed by atoms with Crippen LogP contribution < -0.4 is 25.3 Å². The fourth-order valence-corrected chi connectivity index (χ4v) is 2.98. The van der Waals surface area contributed by atoms with Crippen LogP contribution in [-0.4, -0.2) is 30.5 Å². The van der Waals surface area contributed by atoms with Gasteiger partial charge in [-0.25, -0.2) is 0 Å². The van der Waals surface area contributed by atoms with Crippen molar-refractivity contribution >= 4 is 29.1 Å². The average molecular weight is 442 g/mol. The van der Waals surface area contributed by atoms with Crippen molar-refractivity contribution in [3.05, 3.63) is 71.0 Å². The third-order valence-electron chi connectivity index (χ3n) is 4.15. The lowest BCUT2D eigenvalue weighted by molar-refractivity contribution is -0.119. The maximum absolute atomic E-state index is 12.7. The highest BCUT2D eigenvalue weighted by atomic mass is 35.5. The molecule has 0 bridgehead atoms. The minimum Gasteiger partial charge on any atom is -0.493 e. The minimum atomic E-state index is -0.661. The largest absolute Gasteiger partial charge is 0.493 e. The summed E-state index contributed by atoms with van der Waals surface area (Å²) in [4.78, 5) is 27.7. The topological polar surface area (TPSA) is 113 Å². The molecule has 1 heterocycles. The Morgan fingerprint density at radius 3 is 2.61 bits per heavy atom. The number of nitrogens with two attached hydrogens (primary N) is 1. The van der Waals surface area contributed by atoms with Crippen LogP contribution in [-0.2, 0) is 4.79 Å². The van der Waals surface area contributed by atoms with Gasteiger partial charge in [-0.2, -0.15) is 0 Å². The number of ether oxygens (including phenoxy) is 3. The van der Waals surface area contributed by atoms with Crippen molar-refractivity contribution in [3.63, 3.8) is 0 Å². The van der Waals surface area contributed by atoms with E-state index in [1.165, 1.54) is 19.2 Å². The Hall–Kier alpha value is -3.78. The first kappa shape index (κ1) is 21.9. The summed E-state index contributed by atoms with van der Waals surface area (Å²) in [6.45, 7) is 1.50. The molecule has 0 saturated heterocycles. The number of benzene rings is 2. The lowest BCUT2D eigenvalue weighted by Crippen LogP contribution is -2.20. The van der Waals surface area contributed by atoms with E-state index in [9.17, 15) is 9.59 Å². The lowest BCUT2D eigenvalue weighted by Gasteiger charge is -2.14. The van der Waals surface area contributed by atoms with Gasteiger partial charge in [0.25, 0.3) is 11.8 Å². The van der Waals surface area contributed by atoms with Gasteiger partial charge in [-0.15, -0.1) is 0 Å². The zero-order chi connectivity index (χ0) is 22.4. The van der Waals surface area contributed by atoms with Gasteiger partial charge in [-0.05, 0) is 55.0 Å². The number of carbonyl (C=O) groups excluding carboxylic acids is 2. The van der Waals surface area contributed by atoms with E-state index >= 15 is 0 Å². The van der Waals surface area contributed by atoms with Crippen molar-refractivity contribution in [1.82, 2.24) is 4.98 Å². The number of aromatic nitrogens is 1. The number of nitrogens with one attached hydrogen (secondary N) is 1. The highest BCUT2D eigenvalue weighted by molar-refractivity contribution is 6.32. The number of carbonyl (C=O) groups is 2. The second-order valence-corrected chi connectivity index (χ2v) is 6.88. The van der Waals surface area contributed by atoms with Crippen LogP contribution in [0.2, 0.25) is 5.02 Å². The molecule has 0 radical (unpaired) electrons. The van der Waals surface area contributed by atoms with Crippen molar-refractivity contribution in [2.45, 2.75) is 6.92 Å². The molecule has 2 aromatic carbocycles. The summed E-state index contributed by atoms with van der Waals surface area (Å²) in [5, 5.41) is 2.92. The third-order valence-corrected chi connectivity index (χ3v) is 4.43. The van der Waals surface area contributed by atoms with Crippen molar-refractivity contribution in [2.24, 2.45) is 5.73 Å². The quantitative estimate of drug-likeness (QED) is 0.547. The second kappa shape index (κ2) is 9.82. The van der Waals surface area contributed by atoms with Gasteiger partial charge in [0.05, 0.1) is 18.3 Å². The van der Waals surface area contributed by atoms with Crippen LogP contribution in [0.1, 0.15) is 15.9 Å². The van der Waals surface area contributed by atoms with E-state index in [1.807, 2.05) is 6.92 Å². The summed E-state index contributed by atoms with van der Waals surface area (Å²) in [7, 11) is 1.40. The monoisotopic (exact) mass is 441 g/mol. The number of hydrogen-bond donors (Lipinski definition) is 2. The Morgan fingerprint density at radius 2 is 1.97 bits per heavy atom. The van der Waals surface area contributed by atoms with Crippen molar-refractivity contribution in [2.75, 3.05) is 19.0 Å². The van der Waals surface area contributed by atoms with E-state index in [4.69, 9.17) is 31.5 Å². The van der Waals surface area contributed by atoms with Gasteiger partial charge in [0.15, 0.2) is 18.1 Å². The van der Waals surface area contributed by atoms with Gasteiger partial charge in [0.1, 0.15) is 11.5 Å². The van der Waals surface area contributed by atoms with Gasteiger partial charge in [0, 0.05) is 17.4 Å². The Kier molecular flexibility index (Phi) is 6.94. The fourth-order valence-electron chi connectivity index (χ4n) is 2.71. The molecule has 3 N–H and O–H groups in total. The predicted molar refractivity (Wildman–Crippen MR) is 116 cm³/mol. The van der Waals surface area contributed by atoms with Gasteiger partial charge in [0.2, 0.25) is 0 Å². The van der Waals surface area contributed by atoms with Gasteiger partial charge in [-0.1, -0.05) is 11.6 Å². The van der Waals surface area contributed by atoms with Gasteiger partial charge < -0.3 is 25.3 Å². The predicted octanol–water partition coefficient (Wildman–Crippen LogP) is 3.96. The molecule has 0 aliphatic rings. The molecular formula is C22H20ClN3O5. The summed E-state index contributed by atoms with van der Waals surface area (Å²) in [6.07, 6.45) is 3.28. The van der Waals surface area contributed by atoms with Crippen molar-refractivity contribution < 1.29 is 23.8 Å². The number of aryl methyl sites for hydroxylation is 1. The number of rotatable bonds is 8. The zero-order valence-corrected chi connectivity index (χ0v) is 17.6. The number of methoxy groups -OCH3 is 1. The van der Waals surface area contributed by atoms with E-state index in [-0.39, 0.29) is 28.7 Å². The van der Waals surface area contributed by atoms with Crippen LogP contribution >= 0.6 is 11.6 Å². The summed E-state index contributed by atoms with van der Waals surface area (Å²) in [5.74, 6) is 0.533. The highest BCUT2D eigenvalue weighted by Gasteiger charge is 2.17. The molecule has 0 unspecified atom stereocenters. The number of hydrogen-bond acceptors (Lipinski definition) is 6. The van der Waals surface area contributed by atoms with E-state index in [0.29, 0.717) is 17.2 Å². The molecule has 0 fully saturated rings. The second-order valence-electron chi connectivity index (χ2n) is 6.47. The number of anilines is 1. The molecule has 0 aliphatic carbocycles. The Morgan fingerprint density at radius 1 is 1.16 bits per heavy atom. The molecule has 9 heteroatoms. The smallest absolute Gasteiger partial charge is 0.255 e. The maximum atomic E-state index is 12.7. The molecule has 0 spiro atoms. The third kappa shape index (κ3) is 5.64. The van der Waals surface area contributed by atoms with Gasteiger partial charge >= 0.3 is 0 Å². The zero-order valence-electron chi connectivity index (χ0n) is 16.8. The van der Waals surface area contributed by atoms with Gasteiger partial charge in [-0.3, -0.25) is 14.6 Å². The molecule has 3 aromatic rings. The van der Waals surface area contributed by atoms with Crippen LogP contribution in [0.4, 0.5) is 5.69 Å². The minimum absolute atomic E-state index is 0.113. The van der Waals surface area contributed by atoms with E-state index < -0.39 is 11.8 Å². The van der Waals surface area contributed by atoms with Crippen molar-refractivity contribution in [3.8, 4) is 23.0 Å². The standard InChI is InChI=1S/C22H20ClN3O5/c1-13-8-15(5-6-18(13)31-16-4-3-7-25-11-16)26-22(28)14-9-17(23)21(19(10-14)29-2)30-12-20(24)27/h3-11H,12H2,1-2H3,(H2,24,27)(H,26,28). The SMILES string of the molecule is COc1cc(C(=O)Nc2ccc(Oc3cccnc3)c(C)c2)cc(Cl)c1OCC(N)=O. The molecule has 8 nitrogen and oxygen atoms in total. The normalized spacial score (nSPS) is 10.3. The number of pyridine rings is 1. The molecule has 0 saturated carbocycles. The Labute approximate surface area is 183 Å². The molecule has 0 aliphatic heterocycles. The van der Waals surface area contributed by atoms with E-state index in [0.717, 1.165) is 5.56 Å². The summed E-state index contributed by atoms with van der Waals surface area (Å²) in [6, 6.07) is 11.7. The van der Waals surface area contributed by atoms with Crippen LogP contribution in [0, 0.1) is 6.92 Å². The molecule has 1 aromatic heterocycles. The average Bonchev–Trinajstić information content (AvgIpc) is 2.74. The molecule has 160 valence electrons. The highest BCUT2D eigenvalue weighted by Crippen LogP contribution is 2.36. The van der Waals surface area contributed by atoms with Crippen molar-refractivity contribution in [1.29, 1.82) is 0 Å². The molecular weight excluding hydrogens is 422 g/mol. The first-order valence-corrected chi connectivity index (χ1v) is 9.53. The van der Waals surface area contributed by atoms with E-state index in [1.54, 1.807) is 42.7 Å². The molecule has 0 atom stereocenters. The lowest BCUT2D eigenvalue weighted by atomic mass is 10.1. The first-order valence-electron chi connectivity index (χ1n) is 9.16. The Bertz CT molecular complexity index is 1110. The fraction of sp³-hybridized carbons (Fsp3) is 0.136. The number of nitrogens with zero attached hydrogens (tertiary/aromatic N) is 1. The maximum Gasteiger partial charge on any atom is 0.255 e. The Balaban J connectivity index is 1.75. The summed E-state index contributed by atoms with van der Waals surface area (Å²) < 4.78 is 16.3. The number of primary amides is 1.